The average molecular weight is 422 g/mol. The largest absolute Gasteiger partial charge is 0.368 e. The number of nitrogens with two attached hydrogens (primary N) is 1. The first kappa shape index (κ1) is 19.9. The highest BCUT2D eigenvalue weighted by atomic mass is 35.5. The minimum atomic E-state index is -0.509. The number of halogens is 1. The van der Waals surface area contributed by atoms with Crippen molar-refractivity contribution in [3.05, 3.63) is 65.6 Å². The molecule has 4 aromatic heterocycles. The first-order valence-electron chi connectivity index (χ1n) is 9.38. The van der Waals surface area contributed by atoms with Crippen LogP contribution in [-0.4, -0.2) is 30.1 Å². The monoisotopic (exact) mass is 421 g/mol. The van der Waals surface area contributed by atoms with Crippen LogP contribution >= 0.6 is 11.6 Å². The van der Waals surface area contributed by atoms with Gasteiger partial charge in [0.25, 0.3) is 5.89 Å². The maximum absolute atomic E-state index is 5.86. The molecule has 1 unspecified atom stereocenters. The number of aromatic nitrogens is 6. The molecule has 2 N–H and O–H groups in total. The Morgan fingerprint density at radius 2 is 1.67 bits per heavy atom. The second-order valence-corrected chi connectivity index (χ2v) is 7.80. The zero-order valence-electron chi connectivity index (χ0n) is 16.7. The first-order valence-corrected chi connectivity index (χ1v) is 9.76. The van der Waals surface area contributed by atoms with E-state index in [4.69, 9.17) is 21.9 Å². The molecule has 30 heavy (non-hydrogen) atoms. The highest BCUT2D eigenvalue weighted by Crippen LogP contribution is 2.38. The molecule has 0 radical (unpaired) electrons. The molecule has 8 nitrogen and oxygen atoms in total. The summed E-state index contributed by atoms with van der Waals surface area (Å²) in [5.41, 5.74) is 8.28. The Morgan fingerprint density at radius 1 is 0.933 bits per heavy atom. The molecule has 0 aliphatic heterocycles. The van der Waals surface area contributed by atoms with Crippen molar-refractivity contribution in [1.29, 1.82) is 0 Å². The number of anilines is 1. The summed E-state index contributed by atoms with van der Waals surface area (Å²) in [6, 6.07) is 7.42. The van der Waals surface area contributed by atoms with Crippen LogP contribution in [0.25, 0.3) is 22.7 Å². The van der Waals surface area contributed by atoms with E-state index in [2.05, 4.69) is 50.8 Å². The van der Waals surface area contributed by atoms with Crippen molar-refractivity contribution in [2.75, 3.05) is 5.73 Å². The molecule has 4 aromatic rings. The highest BCUT2D eigenvalue weighted by Gasteiger charge is 2.38. The molecular formula is C21H20ClN7O. The lowest BCUT2D eigenvalue weighted by atomic mass is 9.73. The van der Waals surface area contributed by atoms with Crippen LogP contribution in [0.3, 0.4) is 0 Å². The maximum atomic E-state index is 5.86. The number of nitrogen functional groups attached to an aromatic ring is 1. The van der Waals surface area contributed by atoms with Crippen LogP contribution in [0.15, 0.2) is 53.6 Å². The molecule has 4 rings (SSSR count). The third kappa shape index (κ3) is 3.61. The van der Waals surface area contributed by atoms with Gasteiger partial charge in [-0.15, -0.1) is 0 Å². The van der Waals surface area contributed by atoms with E-state index >= 15 is 0 Å². The Labute approximate surface area is 178 Å². The molecule has 0 saturated heterocycles. The number of nitrogens with zero attached hydrogens (tertiary/aromatic N) is 6. The van der Waals surface area contributed by atoms with Gasteiger partial charge in [-0.2, -0.15) is 4.98 Å². The molecule has 0 aliphatic rings. The zero-order valence-corrected chi connectivity index (χ0v) is 17.5. The fourth-order valence-electron chi connectivity index (χ4n) is 3.12. The van der Waals surface area contributed by atoms with Gasteiger partial charge in [-0.1, -0.05) is 36.7 Å². The van der Waals surface area contributed by atoms with E-state index in [9.17, 15) is 0 Å². The summed E-state index contributed by atoms with van der Waals surface area (Å²) in [7, 11) is 0. The second kappa shape index (κ2) is 7.79. The third-order valence-electron chi connectivity index (χ3n) is 5.35. The molecule has 9 heteroatoms. The van der Waals surface area contributed by atoms with Crippen LogP contribution in [0.1, 0.15) is 32.2 Å². The van der Waals surface area contributed by atoms with Gasteiger partial charge in [-0.05, 0) is 36.6 Å². The predicted octanol–water partition coefficient (Wildman–Crippen LogP) is 4.18. The second-order valence-electron chi connectivity index (χ2n) is 7.41. The van der Waals surface area contributed by atoms with Gasteiger partial charge in [0.15, 0.2) is 5.82 Å². The lowest BCUT2D eigenvalue weighted by Gasteiger charge is -2.30. The van der Waals surface area contributed by atoms with Gasteiger partial charge in [0, 0.05) is 30.4 Å². The van der Waals surface area contributed by atoms with E-state index < -0.39 is 5.41 Å². The summed E-state index contributed by atoms with van der Waals surface area (Å²) in [4.78, 5) is 21.4. The fraction of sp³-hybridized carbons (Fsp3) is 0.238. The van der Waals surface area contributed by atoms with Crippen molar-refractivity contribution >= 4 is 17.5 Å². The smallest absolute Gasteiger partial charge is 0.259 e. The number of hydrogen-bond donors (Lipinski definition) is 1. The molecule has 0 aliphatic carbocycles. The summed E-state index contributed by atoms with van der Waals surface area (Å²) < 4.78 is 5.52. The quantitative estimate of drug-likeness (QED) is 0.477. The Balaban J connectivity index is 1.69. The Hall–Kier alpha value is -3.39. The summed E-state index contributed by atoms with van der Waals surface area (Å²) in [5.74, 6) is 1.38. The molecule has 4 heterocycles. The highest BCUT2D eigenvalue weighted by molar-refractivity contribution is 6.29. The van der Waals surface area contributed by atoms with Crippen molar-refractivity contribution in [3.63, 3.8) is 0 Å². The van der Waals surface area contributed by atoms with Gasteiger partial charge in [-0.3, -0.25) is 4.98 Å². The van der Waals surface area contributed by atoms with Crippen LogP contribution in [0.2, 0.25) is 5.15 Å². The van der Waals surface area contributed by atoms with Crippen molar-refractivity contribution in [3.8, 4) is 22.7 Å². The molecule has 0 saturated carbocycles. The van der Waals surface area contributed by atoms with Gasteiger partial charge in [0.2, 0.25) is 5.95 Å². The average Bonchev–Trinajstić information content (AvgIpc) is 3.25. The Bertz CT molecular complexity index is 1140. The van der Waals surface area contributed by atoms with Crippen LogP contribution < -0.4 is 5.73 Å². The third-order valence-corrected chi connectivity index (χ3v) is 5.57. The summed E-state index contributed by atoms with van der Waals surface area (Å²) in [6.45, 7) is 6.30. The van der Waals surface area contributed by atoms with E-state index in [1.165, 1.54) is 0 Å². The zero-order chi connectivity index (χ0) is 21.3. The summed E-state index contributed by atoms with van der Waals surface area (Å²) in [6.07, 6.45) is 6.73. The van der Waals surface area contributed by atoms with Crippen molar-refractivity contribution < 1.29 is 4.52 Å². The van der Waals surface area contributed by atoms with E-state index in [0.717, 1.165) is 16.8 Å². The van der Waals surface area contributed by atoms with Gasteiger partial charge >= 0.3 is 0 Å². The summed E-state index contributed by atoms with van der Waals surface area (Å²) >= 11 is 5.86. The van der Waals surface area contributed by atoms with E-state index in [1.54, 1.807) is 30.7 Å². The molecule has 1 atom stereocenters. The lowest BCUT2D eigenvalue weighted by molar-refractivity contribution is 0.350. The van der Waals surface area contributed by atoms with E-state index in [0.29, 0.717) is 22.4 Å². The molecular weight excluding hydrogens is 402 g/mol. The van der Waals surface area contributed by atoms with E-state index in [1.807, 2.05) is 18.3 Å². The predicted molar refractivity (Wildman–Crippen MR) is 114 cm³/mol. The number of rotatable bonds is 5. The Morgan fingerprint density at radius 3 is 2.27 bits per heavy atom. The minimum absolute atomic E-state index is 0.179. The van der Waals surface area contributed by atoms with Gasteiger partial charge < -0.3 is 10.3 Å². The normalized spacial score (nSPS) is 13.4. The maximum Gasteiger partial charge on any atom is 0.259 e. The number of pyridine rings is 2. The minimum Gasteiger partial charge on any atom is -0.368 e. The standard InChI is InChI=1S/C21H20ClN7O/c1-12(2)21(3,19-28-18(30-29-19)13-4-7-17(22)25-8-13)15-5-6-16(24-11-15)14-9-26-20(23)27-10-14/h4-12H,1-3H3,(H2,23,26,27). The van der Waals surface area contributed by atoms with Crippen LogP contribution in [0.4, 0.5) is 5.95 Å². The number of hydrogen-bond acceptors (Lipinski definition) is 8. The first-order chi connectivity index (χ1) is 14.4. The summed E-state index contributed by atoms with van der Waals surface area (Å²) in [5, 5.41) is 4.67. The van der Waals surface area contributed by atoms with Gasteiger partial charge in [0.05, 0.1) is 16.7 Å². The Kier molecular flexibility index (Phi) is 5.17. The van der Waals surface area contributed by atoms with Gasteiger partial charge in [0.1, 0.15) is 5.15 Å². The van der Waals surface area contributed by atoms with Crippen LogP contribution in [0.5, 0.6) is 0 Å². The van der Waals surface area contributed by atoms with Crippen LogP contribution in [0, 0.1) is 5.92 Å². The molecule has 0 spiro atoms. The van der Waals surface area contributed by atoms with Crippen molar-refractivity contribution in [1.82, 2.24) is 30.1 Å². The van der Waals surface area contributed by atoms with E-state index in [-0.39, 0.29) is 11.9 Å². The van der Waals surface area contributed by atoms with Gasteiger partial charge in [-0.25, -0.2) is 15.0 Å². The molecule has 0 fully saturated rings. The lowest BCUT2D eigenvalue weighted by Crippen LogP contribution is -2.31. The molecule has 0 bridgehead atoms. The van der Waals surface area contributed by atoms with Crippen molar-refractivity contribution in [2.24, 2.45) is 5.92 Å². The van der Waals surface area contributed by atoms with Crippen LogP contribution in [-0.2, 0) is 5.41 Å². The molecule has 0 amide bonds. The van der Waals surface area contributed by atoms with Crippen molar-refractivity contribution in [2.45, 2.75) is 26.2 Å². The fourth-order valence-corrected chi connectivity index (χ4v) is 3.23. The topological polar surface area (TPSA) is 116 Å². The molecule has 152 valence electrons. The molecule has 0 aromatic carbocycles. The SMILES string of the molecule is CC(C)C(C)(c1ccc(-c2cnc(N)nc2)nc1)c1noc(-c2ccc(Cl)nc2)n1.